The van der Waals surface area contributed by atoms with E-state index in [4.69, 9.17) is 0 Å². The molecular formula is C11H10BrN. The first kappa shape index (κ1) is 7.63. The Morgan fingerprint density at radius 2 is 2.15 bits per heavy atom. The second-order valence-electron chi connectivity index (χ2n) is 3.61. The molecule has 0 amide bonds. The van der Waals surface area contributed by atoms with Gasteiger partial charge in [0, 0.05) is 10.9 Å². The first-order valence-corrected chi connectivity index (χ1v) is 5.43. The average Bonchev–Trinajstić information content (AvgIpc) is 2.47. The second-order valence-corrected chi connectivity index (χ2v) is 4.40. The average molecular weight is 236 g/mol. The number of aryl methyl sites for hydroxylation is 2. The van der Waals surface area contributed by atoms with Crippen LogP contribution in [-0.4, -0.2) is 4.98 Å². The van der Waals surface area contributed by atoms with Gasteiger partial charge in [0.05, 0.1) is 4.60 Å². The van der Waals surface area contributed by atoms with E-state index in [0.717, 1.165) is 0 Å². The number of halogens is 1. The molecule has 0 saturated heterocycles. The summed E-state index contributed by atoms with van der Waals surface area (Å²) in [6.07, 6.45) is 3.72. The van der Waals surface area contributed by atoms with Crippen LogP contribution < -0.4 is 0 Å². The molecule has 1 nitrogen and oxygen atoms in total. The molecule has 13 heavy (non-hydrogen) atoms. The first-order chi connectivity index (χ1) is 6.36. The fraction of sp³-hybridized carbons (Fsp3) is 0.273. The lowest BCUT2D eigenvalue weighted by Gasteiger charge is -2.11. The molecule has 0 bridgehead atoms. The van der Waals surface area contributed by atoms with E-state index in [1.54, 1.807) is 0 Å². The Morgan fingerprint density at radius 1 is 1.23 bits per heavy atom. The number of H-pyrrole nitrogens is 1. The first-order valence-electron chi connectivity index (χ1n) is 4.64. The van der Waals surface area contributed by atoms with E-state index >= 15 is 0 Å². The van der Waals surface area contributed by atoms with Gasteiger partial charge in [-0.2, -0.15) is 0 Å². The van der Waals surface area contributed by atoms with Crippen LogP contribution in [0.5, 0.6) is 0 Å². The third kappa shape index (κ3) is 0.983. The van der Waals surface area contributed by atoms with Crippen molar-refractivity contribution in [2.75, 3.05) is 0 Å². The lowest BCUT2D eigenvalue weighted by atomic mass is 9.93. The Kier molecular flexibility index (Phi) is 1.53. The molecule has 2 heteroatoms. The monoisotopic (exact) mass is 235 g/mol. The van der Waals surface area contributed by atoms with Gasteiger partial charge in [0.25, 0.3) is 0 Å². The van der Waals surface area contributed by atoms with Gasteiger partial charge in [-0.15, -0.1) is 0 Å². The Labute approximate surface area is 85.3 Å². The summed E-state index contributed by atoms with van der Waals surface area (Å²) >= 11 is 3.58. The number of benzene rings is 1. The molecule has 66 valence electrons. The van der Waals surface area contributed by atoms with E-state index in [1.807, 2.05) is 0 Å². The van der Waals surface area contributed by atoms with Crippen LogP contribution in [0.25, 0.3) is 10.9 Å². The molecule has 0 aliphatic heterocycles. The molecule has 1 aliphatic carbocycles. The molecule has 1 aromatic carbocycles. The van der Waals surface area contributed by atoms with Crippen molar-refractivity contribution in [3.05, 3.63) is 33.9 Å². The molecule has 2 aromatic rings. The van der Waals surface area contributed by atoms with Gasteiger partial charge in [-0.1, -0.05) is 12.1 Å². The zero-order valence-electron chi connectivity index (χ0n) is 7.23. The van der Waals surface area contributed by atoms with Crippen LogP contribution in [0.15, 0.2) is 22.8 Å². The molecule has 1 aliphatic rings. The van der Waals surface area contributed by atoms with E-state index in [2.05, 4.69) is 39.1 Å². The summed E-state index contributed by atoms with van der Waals surface area (Å²) in [7, 11) is 0. The summed E-state index contributed by atoms with van der Waals surface area (Å²) < 4.78 is 1.18. The SMILES string of the molecule is Brc1[nH]c2cccc3c2c1CCC3. The molecule has 0 unspecified atom stereocenters. The quantitative estimate of drug-likeness (QED) is 0.721. The van der Waals surface area contributed by atoms with Crippen molar-refractivity contribution < 1.29 is 0 Å². The zero-order chi connectivity index (χ0) is 8.84. The maximum atomic E-state index is 3.58. The van der Waals surface area contributed by atoms with Crippen molar-refractivity contribution in [3.63, 3.8) is 0 Å². The predicted molar refractivity (Wildman–Crippen MR) is 58.0 cm³/mol. The Bertz CT molecular complexity index is 470. The molecule has 0 atom stereocenters. The summed E-state index contributed by atoms with van der Waals surface area (Å²) in [6, 6.07) is 6.53. The lowest BCUT2D eigenvalue weighted by Crippen LogP contribution is -1.97. The Balaban J connectivity index is 2.51. The predicted octanol–water partition coefficient (Wildman–Crippen LogP) is 3.42. The maximum Gasteiger partial charge on any atom is 0.0863 e. The van der Waals surface area contributed by atoms with Crippen LogP contribution in [-0.2, 0) is 12.8 Å². The molecule has 0 fully saturated rings. The van der Waals surface area contributed by atoms with Crippen molar-refractivity contribution in [1.29, 1.82) is 0 Å². The number of rotatable bonds is 0. The van der Waals surface area contributed by atoms with Gasteiger partial charge in [-0.25, -0.2) is 0 Å². The summed E-state index contributed by atoms with van der Waals surface area (Å²) in [4.78, 5) is 3.38. The fourth-order valence-corrected chi connectivity index (χ4v) is 2.87. The smallest absolute Gasteiger partial charge is 0.0863 e. The normalized spacial score (nSPS) is 15.2. The highest BCUT2D eigenvalue weighted by Gasteiger charge is 2.16. The number of aromatic amines is 1. The van der Waals surface area contributed by atoms with Gasteiger partial charge in [-0.05, 0) is 52.4 Å². The van der Waals surface area contributed by atoms with Gasteiger partial charge in [0.2, 0.25) is 0 Å². The van der Waals surface area contributed by atoms with Crippen LogP contribution in [0.1, 0.15) is 17.5 Å². The van der Waals surface area contributed by atoms with Crippen molar-refractivity contribution in [1.82, 2.24) is 4.98 Å². The third-order valence-electron chi connectivity index (χ3n) is 2.83. The van der Waals surface area contributed by atoms with Gasteiger partial charge in [0.15, 0.2) is 0 Å². The number of hydrogen-bond acceptors (Lipinski definition) is 0. The molecule has 0 saturated carbocycles. The van der Waals surface area contributed by atoms with Crippen LogP contribution in [0.2, 0.25) is 0 Å². The molecular weight excluding hydrogens is 226 g/mol. The molecule has 1 heterocycles. The Hall–Kier alpha value is -0.760. The van der Waals surface area contributed by atoms with Crippen LogP contribution in [0.4, 0.5) is 0 Å². The highest BCUT2D eigenvalue weighted by atomic mass is 79.9. The number of nitrogens with one attached hydrogen (secondary N) is 1. The molecule has 1 aromatic heterocycles. The largest absolute Gasteiger partial charge is 0.349 e. The van der Waals surface area contributed by atoms with E-state index in [9.17, 15) is 0 Å². The molecule has 0 spiro atoms. The highest BCUT2D eigenvalue weighted by Crippen LogP contribution is 2.34. The summed E-state index contributed by atoms with van der Waals surface area (Å²) in [5.41, 5.74) is 4.25. The second kappa shape index (κ2) is 2.61. The van der Waals surface area contributed by atoms with Crippen LogP contribution in [0, 0.1) is 0 Å². The van der Waals surface area contributed by atoms with E-state index < -0.39 is 0 Å². The minimum Gasteiger partial charge on any atom is -0.349 e. The van der Waals surface area contributed by atoms with E-state index in [0.29, 0.717) is 0 Å². The van der Waals surface area contributed by atoms with Crippen LogP contribution >= 0.6 is 15.9 Å². The number of aromatic nitrogens is 1. The topological polar surface area (TPSA) is 15.8 Å². The molecule has 0 radical (unpaired) electrons. The highest BCUT2D eigenvalue weighted by molar-refractivity contribution is 9.10. The number of hydrogen-bond donors (Lipinski definition) is 1. The lowest BCUT2D eigenvalue weighted by molar-refractivity contribution is 0.806. The summed E-state index contributed by atoms with van der Waals surface area (Å²) in [5.74, 6) is 0. The Morgan fingerprint density at radius 3 is 3.08 bits per heavy atom. The summed E-state index contributed by atoms with van der Waals surface area (Å²) in [5, 5.41) is 1.46. The van der Waals surface area contributed by atoms with Gasteiger partial charge < -0.3 is 4.98 Å². The minimum absolute atomic E-state index is 1.18. The maximum absolute atomic E-state index is 3.58. The van der Waals surface area contributed by atoms with Crippen molar-refractivity contribution in [2.45, 2.75) is 19.3 Å². The van der Waals surface area contributed by atoms with Crippen LogP contribution in [0.3, 0.4) is 0 Å². The van der Waals surface area contributed by atoms with Crippen molar-refractivity contribution in [3.8, 4) is 0 Å². The van der Waals surface area contributed by atoms with E-state index in [1.165, 1.54) is 45.9 Å². The van der Waals surface area contributed by atoms with Crippen molar-refractivity contribution in [2.24, 2.45) is 0 Å². The molecule has 3 rings (SSSR count). The molecule has 1 N–H and O–H groups in total. The third-order valence-corrected chi connectivity index (χ3v) is 3.51. The van der Waals surface area contributed by atoms with Crippen molar-refractivity contribution >= 4 is 26.8 Å². The zero-order valence-corrected chi connectivity index (χ0v) is 8.82. The van der Waals surface area contributed by atoms with Gasteiger partial charge in [0.1, 0.15) is 0 Å². The standard InChI is InChI=1S/C11H10BrN/c12-11-8-5-1-3-7-4-2-6-9(13-11)10(7)8/h2,4,6,13H,1,3,5H2. The van der Waals surface area contributed by atoms with Gasteiger partial charge in [-0.3, -0.25) is 0 Å². The van der Waals surface area contributed by atoms with Gasteiger partial charge >= 0.3 is 0 Å². The summed E-state index contributed by atoms with van der Waals surface area (Å²) in [6.45, 7) is 0. The van der Waals surface area contributed by atoms with E-state index in [-0.39, 0.29) is 0 Å². The minimum atomic E-state index is 1.18. The fourth-order valence-electron chi connectivity index (χ4n) is 2.26.